The number of allylic oxidation sites excluding steroid dienone is 2. The Balaban J connectivity index is 1.44. The first-order valence-electron chi connectivity index (χ1n) is 16.4. The van der Waals surface area contributed by atoms with Gasteiger partial charge < -0.3 is 34.3 Å². The average Bonchev–Trinajstić information content (AvgIpc) is 3.07. The third kappa shape index (κ3) is 15.4. The maximum absolute atomic E-state index is 12.2. The van der Waals surface area contributed by atoms with Crippen molar-refractivity contribution in [2.45, 2.75) is 41.0 Å². The summed E-state index contributed by atoms with van der Waals surface area (Å²) >= 11 is 0. The minimum Gasteiger partial charge on any atom is -0.377 e. The summed E-state index contributed by atoms with van der Waals surface area (Å²) in [5.41, 5.74) is 6.30. The number of rotatable bonds is 24. The zero-order valence-corrected chi connectivity index (χ0v) is 29.6. The number of amides is 2. The molecule has 0 aliphatic carbocycles. The van der Waals surface area contributed by atoms with Crippen LogP contribution in [-0.4, -0.2) is 109 Å². The van der Waals surface area contributed by atoms with E-state index in [2.05, 4.69) is 46.8 Å². The number of Topliss-reactive ketones (excluding diaryl/α,β-unsaturated/α-hetero) is 2. The molecular formula is C37H51N3O9. The molecule has 0 saturated heterocycles. The van der Waals surface area contributed by atoms with Crippen LogP contribution in [0.4, 0.5) is 5.69 Å². The molecule has 0 saturated carbocycles. The van der Waals surface area contributed by atoms with Crippen LogP contribution in [0.1, 0.15) is 65.1 Å². The highest BCUT2D eigenvalue weighted by Crippen LogP contribution is 2.23. The van der Waals surface area contributed by atoms with Crippen LogP contribution in [0.5, 0.6) is 0 Å². The van der Waals surface area contributed by atoms with Crippen molar-refractivity contribution in [1.82, 2.24) is 5.32 Å². The second-order valence-corrected chi connectivity index (χ2v) is 11.1. The van der Waals surface area contributed by atoms with Gasteiger partial charge >= 0.3 is 0 Å². The largest absolute Gasteiger partial charge is 0.377 e. The van der Waals surface area contributed by atoms with Gasteiger partial charge in [-0.1, -0.05) is 36.4 Å². The molecule has 12 nitrogen and oxygen atoms in total. The molecule has 0 heterocycles. The number of carbonyl (C=O) groups is 4. The number of aryl methyl sites for hydroxylation is 1. The molecule has 0 atom stereocenters. The minimum atomic E-state index is -0.444. The second-order valence-electron chi connectivity index (χ2n) is 11.1. The molecule has 0 aliphatic rings. The Morgan fingerprint density at radius 1 is 0.735 bits per heavy atom. The van der Waals surface area contributed by atoms with E-state index in [0.29, 0.717) is 52.6 Å². The average molecular weight is 682 g/mol. The summed E-state index contributed by atoms with van der Waals surface area (Å²) in [5, 5.41) is 5.51. The molecular weight excluding hydrogens is 630 g/mol. The number of carbonyl (C=O) groups excluding carboxylic acids is 4. The van der Waals surface area contributed by atoms with Crippen molar-refractivity contribution in [3.63, 3.8) is 0 Å². The maximum Gasteiger partial charge on any atom is 0.250 e. The van der Waals surface area contributed by atoms with Crippen molar-refractivity contribution < 1.29 is 42.9 Å². The topological polar surface area (TPSA) is 151 Å². The molecule has 2 amide bonds. The number of hydrogen-bond acceptors (Lipinski definition) is 10. The fourth-order valence-electron chi connectivity index (χ4n) is 4.81. The minimum absolute atomic E-state index is 0.0323. The summed E-state index contributed by atoms with van der Waals surface area (Å²) in [6, 6.07) is 11.1. The molecule has 268 valence electrons. The van der Waals surface area contributed by atoms with E-state index >= 15 is 0 Å². The lowest BCUT2D eigenvalue weighted by molar-refractivity contribution is -0.126. The van der Waals surface area contributed by atoms with Gasteiger partial charge in [0.15, 0.2) is 11.6 Å². The van der Waals surface area contributed by atoms with Gasteiger partial charge in [0.2, 0.25) is 11.8 Å². The van der Waals surface area contributed by atoms with Crippen LogP contribution in [0, 0.1) is 6.92 Å². The predicted octanol–water partition coefficient (Wildman–Crippen LogP) is 4.27. The Morgan fingerprint density at radius 3 is 1.84 bits per heavy atom. The van der Waals surface area contributed by atoms with Gasteiger partial charge in [-0.2, -0.15) is 0 Å². The summed E-state index contributed by atoms with van der Waals surface area (Å²) in [7, 11) is 1.79. The van der Waals surface area contributed by atoms with Crippen LogP contribution in [0.25, 0.3) is 5.57 Å². The monoisotopic (exact) mass is 681 g/mol. The molecule has 2 aromatic rings. The SMILES string of the molecule is C/C=C(\C(C)=NC)c1cc(CCNC(=O)COCCOCCOCCOCCOCC(=O)Nc2cccc(C(C)=O)c2C(C)=O)ccc1C. The van der Waals surface area contributed by atoms with Gasteiger partial charge in [-0.25, -0.2) is 0 Å². The maximum atomic E-state index is 12.2. The number of ether oxygens (including phenoxy) is 5. The standard InChI is InChI=1S/C37H51N3O9/c1-7-31(27(3)38-6)33-23-30(12-11-26(33)2)13-14-39-35(43)24-48-21-19-46-17-15-45-16-18-47-20-22-49-25-36(44)40-34-10-8-9-32(28(4)41)37(34)29(5)42/h7-12,23H,13-22,24-25H2,1-6H3,(H,39,43)(H,40,44)/b31-7+,38-27?. The Bertz CT molecular complexity index is 1450. The molecule has 0 spiro atoms. The highest BCUT2D eigenvalue weighted by molar-refractivity contribution is 6.23. The predicted molar refractivity (Wildman–Crippen MR) is 190 cm³/mol. The summed E-state index contributed by atoms with van der Waals surface area (Å²) in [6.07, 6.45) is 2.79. The number of benzene rings is 2. The van der Waals surface area contributed by atoms with Crippen LogP contribution in [0.15, 0.2) is 47.5 Å². The van der Waals surface area contributed by atoms with Crippen molar-refractivity contribution in [3.05, 3.63) is 70.3 Å². The molecule has 2 rings (SSSR count). The van der Waals surface area contributed by atoms with Crippen LogP contribution >= 0.6 is 0 Å². The smallest absolute Gasteiger partial charge is 0.250 e. The van der Waals surface area contributed by atoms with Gasteiger partial charge in [-0.15, -0.1) is 0 Å². The lowest BCUT2D eigenvalue weighted by Crippen LogP contribution is -2.30. The van der Waals surface area contributed by atoms with Crippen molar-refractivity contribution in [3.8, 4) is 0 Å². The quantitative estimate of drug-likeness (QED) is 0.0941. The van der Waals surface area contributed by atoms with Crippen molar-refractivity contribution in [1.29, 1.82) is 0 Å². The van der Waals surface area contributed by atoms with Crippen molar-refractivity contribution in [2.75, 3.05) is 85.0 Å². The van der Waals surface area contributed by atoms with Gasteiger partial charge in [-0.05, 0) is 69.4 Å². The van der Waals surface area contributed by atoms with Crippen molar-refractivity contribution >= 4 is 40.4 Å². The number of ketones is 2. The van der Waals surface area contributed by atoms with E-state index < -0.39 is 5.91 Å². The van der Waals surface area contributed by atoms with Crippen LogP contribution in [-0.2, 0) is 39.7 Å². The van der Waals surface area contributed by atoms with Gasteiger partial charge in [-0.3, -0.25) is 24.2 Å². The molecule has 0 radical (unpaired) electrons. The van der Waals surface area contributed by atoms with E-state index in [0.717, 1.165) is 22.4 Å². The Hall–Kier alpha value is -4.07. The van der Waals surface area contributed by atoms with E-state index in [1.54, 1.807) is 25.2 Å². The Morgan fingerprint density at radius 2 is 1.31 bits per heavy atom. The summed E-state index contributed by atoms with van der Waals surface area (Å²) in [6.45, 7) is 11.7. The lowest BCUT2D eigenvalue weighted by atomic mass is 9.94. The third-order valence-electron chi connectivity index (χ3n) is 7.37. The number of aliphatic imine (C=N–C) groups is 1. The number of nitrogens with one attached hydrogen (secondary N) is 2. The third-order valence-corrected chi connectivity index (χ3v) is 7.37. The number of nitrogens with zero attached hydrogens (tertiary/aromatic N) is 1. The van der Waals surface area contributed by atoms with Gasteiger partial charge in [0.25, 0.3) is 0 Å². The second kappa shape index (κ2) is 23.3. The molecule has 12 heteroatoms. The first-order valence-corrected chi connectivity index (χ1v) is 16.4. The summed E-state index contributed by atoms with van der Waals surface area (Å²) in [4.78, 5) is 52.5. The lowest BCUT2D eigenvalue weighted by Gasteiger charge is -2.13. The van der Waals surface area contributed by atoms with Gasteiger partial charge in [0.05, 0.1) is 64.1 Å². The molecule has 49 heavy (non-hydrogen) atoms. The molecule has 0 aromatic heterocycles. The zero-order valence-electron chi connectivity index (χ0n) is 29.6. The summed E-state index contributed by atoms with van der Waals surface area (Å²) < 4.78 is 27.1. The number of anilines is 1. The van der Waals surface area contributed by atoms with E-state index in [1.807, 2.05) is 13.8 Å². The first-order chi connectivity index (χ1) is 23.6. The molecule has 0 fully saturated rings. The van der Waals surface area contributed by atoms with E-state index in [-0.39, 0.29) is 60.7 Å². The molecule has 0 bridgehead atoms. The normalized spacial score (nSPS) is 11.8. The molecule has 2 aromatic carbocycles. The van der Waals surface area contributed by atoms with Gasteiger partial charge in [0.1, 0.15) is 13.2 Å². The first kappa shape index (κ1) is 41.1. The fraction of sp³-hybridized carbons (Fsp3) is 0.486. The molecule has 2 N–H and O–H groups in total. The molecule has 0 unspecified atom stereocenters. The fourth-order valence-corrected chi connectivity index (χ4v) is 4.81. The van der Waals surface area contributed by atoms with E-state index in [4.69, 9.17) is 23.7 Å². The van der Waals surface area contributed by atoms with Crippen molar-refractivity contribution in [2.24, 2.45) is 4.99 Å². The van der Waals surface area contributed by atoms with Crippen LogP contribution < -0.4 is 10.6 Å². The van der Waals surface area contributed by atoms with E-state index in [1.165, 1.54) is 19.4 Å². The number of hydrogen-bond donors (Lipinski definition) is 2. The van der Waals surface area contributed by atoms with E-state index in [9.17, 15) is 19.2 Å². The van der Waals surface area contributed by atoms with Crippen LogP contribution in [0.3, 0.4) is 0 Å². The Kier molecular flexibility index (Phi) is 19.6. The highest BCUT2D eigenvalue weighted by atomic mass is 16.6. The van der Waals surface area contributed by atoms with Crippen LogP contribution in [0.2, 0.25) is 0 Å². The Labute approximate surface area is 289 Å². The van der Waals surface area contributed by atoms with Gasteiger partial charge in [0, 0.05) is 24.9 Å². The highest BCUT2D eigenvalue weighted by Gasteiger charge is 2.17. The molecule has 0 aliphatic heterocycles. The summed E-state index contributed by atoms with van der Waals surface area (Å²) in [5.74, 6) is -1.19. The zero-order chi connectivity index (χ0) is 36.0.